The minimum atomic E-state index is -0.600. The predicted molar refractivity (Wildman–Crippen MR) is 134 cm³/mol. The van der Waals surface area contributed by atoms with Gasteiger partial charge in [0.15, 0.2) is 5.75 Å². The second kappa shape index (κ2) is 10.7. The number of benzene rings is 3. The normalized spacial score (nSPS) is 14.4. The summed E-state index contributed by atoms with van der Waals surface area (Å²) in [6.45, 7) is 0.603. The van der Waals surface area contributed by atoms with Crippen molar-refractivity contribution in [2.75, 3.05) is 0 Å². The van der Waals surface area contributed by atoms with Crippen LogP contribution in [0.3, 0.4) is 0 Å². The zero-order chi connectivity index (χ0) is 25.8. The van der Waals surface area contributed by atoms with Crippen LogP contribution in [0.25, 0.3) is 11.6 Å². The number of rotatable bonds is 8. The molecule has 3 aromatic rings. The lowest BCUT2D eigenvalue weighted by Gasteiger charge is -2.10. The van der Waals surface area contributed by atoms with Gasteiger partial charge >= 0.3 is 0 Å². The third kappa shape index (κ3) is 5.85. The molecule has 4 N–H and O–H groups in total. The van der Waals surface area contributed by atoms with E-state index in [1.54, 1.807) is 60.1 Å². The van der Waals surface area contributed by atoms with Crippen LogP contribution in [0.4, 0.5) is 0 Å². The predicted octanol–water partition coefficient (Wildman–Crippen LogP) is 3.38. The summed E-state index contributed by atoms with van der Waals surface area (Å²) in [7, 11) is 0. The number of hydroxylamine groups is 1. The van der Waals surface area contributed by atoms with Crippen molar-refractivity contribution in [3.05, 3.63) is 100 Å². The molecule has 0 unspecified atom stereocenters. The Bertz CT molecular complexity index is 1360. The van der Waals surface area contributed by atoms with E-state index in [2.05, 4.69) is 10.6 Å². The fourth-order valence-electron chi connectivity index (χ4n) is 3.89. The van der Waals surface area contributed by atoms with Gasteiger partial charge in [-0.1, -0.05) is 30.3 Å². The lowest BCUT2D eigenvalue weighted by atomic mass is 9.99. The number of nitrogens with one attached hydrogen (secondary N) is 3. The molecule has 3 aromatic carbocycles. The van der Waals surface area contributed by atoms with Gasteiger partial charge in [0, 0.05) is 34.9 Å². The van der Waals surface area contributed by atoms with Crippen LogP contribution < -0.4 is 21.0 Å². The molecule has 0 saturated heterocycles. The highest BCUT2D eigenvalue weighted by atomic mass is 17.2. The minimum Gasteiger partial charge on any atom is -0.349 e. The summed E-state index contributed by atoms with van der Waals surface area (Å²) in [5.74, 6) is -0.352. The van der Waals surface area contributed by atoms with Crippen molar-refractivity contribution in [2.45, 2.75) is 32.0 Å². The highest BCUT2D eigenvalue weighted by Gasteiger charge is 2.26. The van der Waals surface area contributed by atoms with E-state index in [0.29, 0.717) is 29.1 Å². The Morgan fingerprint density at radius 2 is 1.57 bits per heavy atom. The molecule has 0 radical (unpaired) electrons. The summed E-state index contributed by atoms with van der Waals surface area (Å²) in [5.41, 5.74) is 6.11. The Balaban J connectivity index is 1.28. The first-order chi connectivity index (χ1) is 18.0. The summed E-state index contributed by atoms with van der Waals surface area (Å²) < 4.78 is 0. The van der Waals surface area contributed by atoms with Crippen LogP contribution in [0.2, 0.25) is 0 Å². The Morgan fingerprint density at radius 3 is 2.27 bits per heavy atom. The summed E-state index contributed by atoms with van der Waals surface area (Å²) in [6.07, 6.45) is 3.77. The molecule has 1 fully saturated rings. The van der Waals surface area contributed by atoms with E-state index in [1.165, 1.54) is 0 Å². The Labute approximate surface area is 213 Å². The highest BCUT2D eigenvalue weighted by Crippen LogP contribution is 2.31. The third-order valence-corrected chi connectivity index (χ3v) is 6.15. The van der Waals surface area contributed by atoms with Gasteiger partial charge in [0.1, 0.15) is 6.61 Å². The third-order valence-electron chi connectivity index (χ3n) is 6.15. The Hall–Kier alpha value is -4.47. The number of amides is 3. The van der Waals surface area contributed by atoms with Crippen molar-refractivity contribution >= 4 is 29.4 Å². The fourth-order valence-corrected chi connectivity index (χ4v) is 3.89. The maximum atomic E-state index is 13.0. The molecule has 37 heavy (non-hydrogen) atoms. The van der Waals surface area contributed by atoms with Crippen LogP contribution >= 0.6 is 0 Å². The van der Waals surface area contributed by atoms with Gasteiger partial charge < -0.3 is 15.5 Å². The van der Waals surface area contributed by atoms with E-state index in [9.17, 15) is 14.4 Å². The van der Waals surface area contributed by atoms with Gasteiger partial charge in [-0.25, -0.2) is 5.48 Å². The van der Waals surface area contributed by atoms with E-state index in [-0.39, 0.29) is 24.4 Å². The van der Waals surface area contributed by atoms with Crippen molar-refractivity contribution in [2.24, 2.45) is 0 Å². The first kappa shape index (κ1) is 24.2. The monoisotopic (exact) mass is 499 g/mol. The quantitative estimate of drug-likeness (QED) is 0.124. The highest BCUT2D eigenvalue weighted by molar-refractivity contribution is 6.24. The van der Waals surface area contributed by atoms with Crippen LogP contribution in [0.15, 0.2) is 66.7 Å². The number of hydrogen-bond donors (Lipinski definition) is 4. The molecule has 1 aliphatic carbocycles. The Morgan fingerprint density at radius 1 is 0.892 bits per heavy atom. The van der Waals surface area contributed by atoms with Gasteiger partial charge in [0.25, 0.3) is 17.7 Å². The molecule has 188 valence electrons. The molecular formula is C28H25N3O6. The maximum Gasteiger partial charge on any atom is 0.274 e. The van der Waals surface area contributed by atoms with Crippen LogP contribution in [0.1, 0.15) is 55.8 Å². The molecule has 0 spiro atoms. The van der Waals surface area contributed by atoms with Gasteiger partial charge in [-0.3, -0.25) is 19.6 Å². The number of fused-ring (bicyclic) bond motifs is 1. The standard InChI is InChI=1S/C28H25N3O6/c32-26(29-15-18-3-7-20(8-4-18)27(33)31-35)19-5-1-17(2-6-19)13-24(28(34)30-23-10-11-23)21-9-12-25-22(14-21)16-36-37-25/h1-9,12-14,23,35H,10-11,15-16H2,(H,29,32)(H,30,34)(H,31,33)/b24-13-. The van der Waals surface area contributed by atoms with Crippen LogP contribution in [-0.4, -0.2) is 29.0 Å². The van der Waals surface area contributed by atoms with Gasteiger partial charge in [0.05, 0.1) is 0 Å². The average molecular weight is 500 g/mol. The molecule has 0 aromatic heterocycles. The van der Waals surface area contributed by atoms with E-state index in [4.69, 9.17) is 15.0 Å². The Kier molecular flexibility index (Phi) is 6.98. The summed E-state index contributed by atoms with van der Waals surface area (Å²) in [5, 5.41) is 14.6. The van der Waals surface area contributed by atoms with Crippen LogP contribution in [0.5, 0.6) is 5.75 Å². The molecule has 1 saturated carbocycles. The van der Waals surface area contributed by atoms with Crippen molar-refractivity contribution < 1.29 is 29.4 Å². The largest absolute Gasteiger partial charge is 0.349 e. The van der Waals surface area contributed by atoms with Gasteiger partial charge in [-0.05, 0) is 72.0 Å². The zero-order valence-electron chi connectivity index (χ0n) is 19.8. The van der Waals surface area contributed by atoms with Crippen LogP contribution in [0, 0.1) is 0 Å². The second-order valence-electron chi connectivity index (χ2n) is 8.92. The van der Waals surface area contributed by atoms with Crippen molar-refractivity contribution in [3.63, 3.8) is 0 Å². The van der Waals surface area contributed by atoms with Gasteiger partial charge in [-0.2, -0.15) is 4.89 Å². The smallest absolute Gasteiger partial charge is 0.274 e. The molecule has 9 heteroatoms. The van der Waals surface area contributed by atoms with Crippen LogP contribution in [-0.2, 0) is 22.8 Å². The molecule has 3 amide bonds. The SMILES string of the molecule is O=C(NC1CC1)/C(=C\c1ccc(C(=O)NCc2ccc(C(=O)NO)cc2)cc1)c1ccc2c(c1)COO2. The summed E-state index contributed by atoms with van der Waals surface area (Å²) in [4.78, 5) is 47.2. The van der Waals surface area contributed by atoms with E-state index in [0.717, 1.165) is 35.1 Å². The molecule has 9 nitrogen and oxygen atoms in total. The molecule has 5 rings (SSSR count). The molecule has 1 aliphatic heterocycles. The first-order valence-corrected chi connectivity index (χ1v) is 11.9. The van der Waals surface area contributed by atoms with E-state index >= 15 is 0 Å². The van der Waals surface area contributed by atoms with Gasteiger partial charge in [0.2, 0.25) is 0 Å². The number of carbonyl (C=O) groups excluding carboxylic acids is 3. The zero-order valence-corrected chi connectivity index (χ0v) is 19.8. The van der Waals surface area contributed by atoms with Gasteiger partial charge in [-0.15, -0.1) is 0 Å². The topological polar surface area (TPSA) is 126 Å². The number of carbonyl (C=O) groups is 3. The molecule has 1 heterocycles. The first-order valence-electron chi connectivity index (χ1n) is 11.9. The second-order valence-corrected chi connectivity index (χ2v) is 8.92. The lowest BCUT2D eigenvalue weighted by Crippen LogP contribution is -2.26. The molecule has 2 aliphatic rings. The minimum absolute atomic E-state index is 0.147. The molecular weight excluding hydrogens is 474 g/mol. The van der Waals surface area contributed by atoms with E-state index < -0.39 is 5.91 Å². The van der Waals surface area contributed by atoms with E-state index in [1.807, 2.05) is 18.2 Å². The lowest BCUT2D eigenvalue weighted by molar-refractivity contribution is -0.194. The maximum absolute atomic E-state index is 13.0. The summed E-state index contributed by atoms with van der Waals surface area (Å²) >= 11 is 0. The fraction of sp³-hybridized carbons (Fsp3) is 0.179. The molecule has 0 bridgehead atoms. The average Bonchev–Trinajstić information content (AvgIpc) is 3.62. The van der Waals surface area contributed by atoms with Crippen molar-refractivity contribution in [1.82, 2.24) is 16.1 Å². The number of hydrogen-bond acceptors (Lipinski definition) is 6. The van der Waals surface area contributed by atoms with Crippen molar-refractivity contribution in [1.29, 1.82) is 0 Å². The summed E-state index contributed by atoms with van der Waals surface area (Å²) in [6, 6.07) is 19.2. The van der Waals surface area contributed by atoms with Crippen molar-refractivity contribution in [3.8, 4) is 5.75 Å². The molecule has 0 atom stereocenters.